The predicted molar refractivity (Wildman–Crippen MR) is 137 cm³/mol. The fraction of sp³-hybridized carbons (Fsp3) is 0.440. The highest BCUT2D eigenvalue weighted by Crippen LogP contribution is 2.26. The SMILES string of the molecule is CCCCNC(=O)[C@H](C)N(Cc1ccccc1C)C(=O)CN(c1ccc(Cl)cc1C)S(C)(=O)=O. The second-order valence-electron chi connectivity index (χ2n) is 8.47. The zero-order chi connectivity index (χ0) is 25.5. The molecule has 0 heterocycles. The van der Waals surface area contributed by atoms with Crippen molar-refractivity contribution in [2.24, 2.45) is 0 Å². The molecule has 0 aliphatic heterocycles. The summed E-state index contributed by atoms with van der Waals surface area (Å²) in [6.45, 7) is 7.64. The molecule has 1 N–H and O–H groups in total. The Balaban J connectivity index is 2.39. The standard InChI is InChI=1S/C25H34ClN3O4S/c1-6-7-14-27-25(31)20(4)28(16-21-11-9-8-10-18(21)2)24(30)17-29(34(5,32)33)23-13-12-22(26)15-19(23)3/h8-13,15,20H,6-7,14,16-17H2,1-5H3,(H,27,31)/t20-/m0/s1. The van der Waals surface area contributed by atoms with Crippen molar-refractivity contribution in [1.29, 1.82) is 0 Å². The summed E-state index contributed by atoms with van der Waals surface area (Å²) in [7, 11) is -3.78. The topological polar surface area (TPSA) is 86.8 Å². The first-order valence-corrected chi connectivity index (χ1v) is 13.5. The molecule has 7 nitrogen and oxygen atoms in total. The van der Waals surface area contributed by atoms with E-state index in [2.05, 4.69) is 5.32 Å². The van der Waals surface area contributed by atoms with E-state index in [1.54, 1.807) is 32.0 Å². The van der Waals surface area contributed by atoms with E-state index in [1.807, 2.05) is 38.1 Å². The van der Waals surface area contributed by atoms with Gasteiger partial charge in [-0.1, -0.05) is 49.2 Å². The molecule has 0 saturated carbocycles. The molecule has 2 aromatic carbocycles. The molecule has 0 aromatic heterocycles. The number of sulfonamides is 1. The maximum absolute atomic E-state index is 13.6. The first-order chi connectivity index (χ1) is 16.0. The molecule has 0 saturated heterocycles. The predicted octanol–water partition coefficient (Wildman–Crippen LogP) is 4.06. The van der Waals surface area contributed by atoms with Gasteiger partial charge in [-0.2, -0.15) is 0 Å². The number of nitrogens with one attached hydrogen (secondary N) is 1. The normalized spacial score (nSPS) is 12.2. The number of carbonyl (C=O) groups excluding carboxylic acids is 2. The molecule has 2 amide bonds. The molecule has 0 unspecified atom stereocenters. The number of benzene rings is 2. The van der Waals surface area contributed by atoms with Crippen LogP contribution in [0.25, 0.3) is 0 Å². The van der Waals surface area contributed by atoms with Crippen LogP contribution < -0.4 is 9.62 Å². The molecule has 0 bridgehead atoms. The largest absolute Gasteiger partial charge is 0.354 e. The molecule has 0 fully saturated rings. The monoisotopic (exact) mass is 507 g/mol. The first kappa shape index (κ1) is 27.7. The van der Waals surface area contributed by atoms with E-state index in [0.29, 0.717) is 22.8 Å². The highest BCUT2D eigenvalue weighted by Gasteiger charge is 2.30. The average molecular weight is 508 g/mol. The molecule has 0 spiro atoms. The van der Waals surface area contributed by atoms with Crippen LogP contribution in [-0.4, -0.2) is 50.5 Å². The molecule has 9 heteroatoms. The quantitative estimate of drug-likeness (QED) is 0.465. The third-order valence-electron chi connectivity index (χ3n) is 5.71. The number of rotatable bonds is 11. The van der Waals surface area contributed by atoms with Crippen LogP contribution in [0.1, 0.15) is 43.4 Å². The van der Waals surface area contributed by atoms with Crippen molar-refractivity contribution in [3.63, 3.8) is 0 Å². The molecular formula is C25H34ClN3O4S. The summed E-state index contributed by atoms with van der Waals surface area (Å²) < 4.78 is 26.4. The fourth-order valence-electron chi connectivity index (χ4n) is 3.58. The van der Waals surface area contributed by atoms with Gasteiger partial charge in [0, 0.05) is 18.1 Å². The van der Waals surface area contributed by atoms with Gasteiger partial charge >= 0.3 is 0 Å². The van der Waals surface area contributed by atoms with Crippen LogP contribution in [0.5, 0.6) is 0 Å². The van der Waals surface area contributed by atoms with Gasteiger partial charge in [-0.15, -0.1) is 0 Å². The van der Waals surface area contributed by atoms with Crippen molar-refractivity contribution in [1.82, 2.24) is 10.2 Å². The highest BCUT2D eigenvalue weighted by molar-refractivity contribution is 7.92. The molecule has 0 aliphatic carbocycles. The lowest BCUT2D eigenvalue weighted by Gasteiger charge is -2.32. The van der Waals surface area contributed by atoms with Crippen LogP contribution >= 0.6 is 11.6 Å². The Kier molecular flexibility index (Phi) is 9.94. The lowest BCUT2D eigenvalue weighted by atomic mass is 10.1. The van der Waals surface area contributed by atoms with Crippen molar-refractivity contribution in [2.75, 3.05) is 23.7 Å². The minimum Gasteiger partial charge on any atom is -0.354 e. The van der Waals surface area contributed by atoms with Gasteiger partial charge in [0.25, 0.3) is 0 Å². The van der Waals surface area contributed by atoms with E-state index in [-0.39, 0.29) is 12.5 Å². The molecule has 0 aliphatic rings. The maximum Gasteiger partial charge on any atom is 0.244 e. The Hall–Kier alpha value is -2.58. The number of hydrogen-bond acceptors (Lipinski definition) is 4. The van der Waals surface area contributed by atoms with Gasteiger partial charge in [-0.3, -0.25) is 13.9 Å². The third kappa shape index (κ3) is 7.46. The smallest absolute Gasteiger partial charge is 0.244 e. The highest BCUT2D eigenvalue weighted by atomic mass is 35.5. The van der Waals surface area contributed by atoms with Gasteiger partial charge in [-0.05, 0) is 62.1 Å². The molecular weight excluding hydrogens is 474 g/mol. The zero-order valence-corrected chi connectivity index (χ0v) is 22.0. The number of hydrogen-bond donors (Lipinski definition) is 1. The summed E-state index contributed by atoms with van der Waals surface area (Å²) in [5, 5.41) is 3.34. The Morgan fingerprint density at radius 2 is 1.76 bits per heavy atom. The summed E-state index contributed by atoms with van der Waals surface area (Å²) in [5.41, 5.74) is 2.86. The van der Waals surface area contributed by atoms with E-state index in [9.17, 15) is 18.0 Å². The number of nitrogens with zero attached hydrogens (tertiary/aromatic N) is 2. The van der Waals surface area contributed by atoms with Gasteiger partial charge in [-0.25, -0.2) is 8.42 Å². The van der Waals surface area contributed by atoms with Gasteiger partial charge in [0.2, 0.25) is 21.8 Å². The van der Waals surface area contributed by atoms with Gasteiger partial charge in [0.1, 0.15) is 12.6 Å². The molecule has 2 rings (SSSR count). The number of carbonyl (C=O) groups is 2. The minimum atomic E-state index is -3.78. The Morgan fingerprint density at radius 3 is 2.35 bits per heavy atom. The number of aryl methyl sites for hydroxylation is 2. The number of halogens is 1. The van der Waals surface area contributed by atoms with Crippen molar-refractivity contribution in [2.45, 2.75) is 53.1 Å². The second kappa shape index (κ2) is 12.2. The first-order valence-electron chi connectivity index (χ1n) is 11.3. The van der Waals surface area contributed by atoms with Gasteiger partial charge in [0.05, 0.1) is 11.9 Å². The third-order valence-corrected chi connectivity index (χ3v) is 7.07. The van der Waals surface area contributed by atoms with Gasteiger partial charge in [0.15, 0.2) is 0 Å². The molecule has 2 aromatic rings. The number of anilines is 1. The van der Waals surface area contributed by atoms with E-state index >= 15 is 0 Å². The lowest BCUT2D eigenvalue weighted by molar-refractivity contribution is -0.139. The average Bonchev–Trinajstić information content (AvgIpc) is 2.76. The van der Waals surface area contributed by atoms with Crippen LogP contribution in [0, 0.1) is 13.8 Å². The van der Waals surface area contributed by atoms with Crippen molar-refractivity contribution in [3.8, 4) is 0 Å². The summed E-state index contributed by atoms with van der Waals surface area (Å²) in [6.07, 6.45) is 2.83. The number of unbranched alkanes of at least 4 members (excludes halogenated alkanes) is 1. The van der Waals surface area contributed by atoms with E-state index in [1.165, 1.54) is 4.90 Å². The summed E-state index contributed by atoms with van der Waals surface area (Å²) >= 11 is 6.04. The minimum absolute atomic E-state index is 0.186. The maximum atomic E-state index is 13.6. The lowest BCUT2D eigenvalue weighted by Crippen LogP contribution is -2.51. The van der Waals surface area contributed by atoms with Crippen LogP contribution in [0.15, 0.2) is 42.5 Å². The summed E-state index contributed by atoms with van der Waals surface area (Å²) in [6, 6.07) is 11.6. The van der Waals surface area contributed by atoms with Crippen molar-refractivity contribution < 1.29 is 18.0 Å². The molecule has 1 atom stereocenters. The van der Waals surface area contributed by atoms with Crippen LogP contribution in [0.3, 0.4) is 0 Å². The van der Waals surface area contributed by atoms with Crippen LogP contribution in [0.4, 0.5) is 5.69 Å². The molecule has 0 radical (unpaired) electrons. The Morgan fingerprint density at radius 1 is 1.09 bits per heavy atom. The Bertz CT molecular complexity index is 1120. The fourth-order valence-corrected chi connectivity index (χ4v) is 4.72. The summed E-state index contributed by atoms with van der Waals surface area (Å²) in [5.74, 6) is -0.745. The summed E-state index contributed by atoms with van der Waals surface area (Å²) in [4.78, 5) is 27.8. The van der Waals surface area contributed by atoms with Crippen LogP contribution in [0.2, 0.25) is 5.02 Å². The zero-order valence-electron chi connectivity index (χ0n) is 20.5. The van der Waals surface area contributed by atoms with Gasteiger partial charge < -0.3 is 10.2 Å². The molecule has 186 valence electrons. The van der Waals surface area contributed by atoms with Crippen molar-refractivity contribution >= 4 is 39.1 Å². The van der Waals surface area contributed by atoms with Crippen molar-refractivity contribution in [3.05, 3.63) is 64.2 Å². The van der Waals surface area contributed by atoms with E-state index in [4.69, 9.17) is 11.6 Å². The Labute approximate surface area is 208 Å². The van der Waals surface area contributed by atoms with Crippen LogP contribution in [-0.2, 0) is 26.2 Å². The molecule has 34 heavy (non-hydrogen) atoms. The van der Waals surface area contributed by atoms with E-state index in [0.717, 1.165) is 34.5 Å². The van der Waals surface area contributed by atoms with E-state index < -0.39 is 28.5 Å². The number of amides is 2. The second-order valence-corrected chi connectivity index (χ2v) is 10.8.